The third-order valence-electron chi connectivity index (χ3n) is 3.76. The Balaban J connectivity index is 1.89. The molecule has 1 aliphatic heterocycles. The molecule has 1 aromatic rings. The number of aromatic nitrogens is 2. The molecule has 1 unspecified atom stereocenters. The van der Waals surface area contributed by atoms with Gasteiger partial charge in [0.1, 0.15) is 17.5 Å². The number of hydrogen-bond donors (Lipinski definition) is 2. The minimum absolute atomic E-state index is 0.0137. The lowest BCUT2D eigenvalue weighted by Gasteiger charge is -2.35. The summed E-state index contributed by atoms with van der Waals surface area (Å²) in [4.78, 5) is 11.4. The van der Waals surface area contributed by atoms with Crippen molar-refractivity contribution < 1.29 is 9.84 Å². The van der Waals surface area contributed by atoms with Crippen LogP contribution in [0.1, 0.15) is 31.5 Å². The Morgan fingerprint density at radius 2 is 2.30 bits per heavy atom. The van der Waals surface area contributed by atoms with Gasteiger partial charge in [0.15, 0.2) is 0 Å². The van der Waals surface area contributed by atoms with Gasteiger partial charge in [-0.1, -0.05) is 0 Å². The molecule has 2 N–H and O–H groups in total. The van der Waals surface area contributed by atoms with E-state index in [4.69, 9.17) is 9.72 Å². The van der Waals surface area contributed by atoms with Crippen LogP contribution in [0, 0.1) is 0 Å². The van der Waals surface area contributed by atoms with Gasteiger partial charge in [-0.25, -0.2) is 9.97 Å². The lowest BCUT2D eigenvalue weighted by molar-refractivity contribution is 0.0722. The topological polar surface area (TPSA) is 70.5 Å². The zero-order valence-electron chi connectivity index (χ0n) is 11.9. The molecule has 0 spiro atoms. The standard InChI is InChI=1S/C14H22N4O2/c1-2-15-12-7-13(17-14(16-12)10-3-4-10)18-5-6-20-9-11(18)8-19/h7,10-11,19H,2-6,8-9H2,1H3,(H,15,16,17). The molecule has 3 rings (SSSR count). The van der Waals surface area contributed by atoms with Crippen LogP contribution in [-0.2, 0) is 4.74 Å². The maximum absolute atomic E-state index is 9.51. The monoisotopic (exact) mass is 278 g/mol. The van der Waals surface area contributed by atoms with Crippen LogP contribution in [0.5, 0.6) is 0 Å². The van der Waals surface area contributed by atoms with E-state index in [1.54, 1.807) is 0 Å². The van der Waals surface area contributed by atoms with Gasteiger partial charge in [0.05, 0.1) is 25.9 Å². The molecule has 0 bridgehead atoms. The van der Waals surface area contributed by atoms with Gasteiger partial charge in [0, 0.05) is 25.1 Å². The molecule has 2 fully saturated rings. The highest BCUT2D eigenvalue weighted by atomic mass is 16.5. The largest absolute Gasteiger partial charge is 0.394 e. The molecule has 20 heavy (non-hydrogen) atoms. The fourth-order valence-electron chi connectivity index (χ4n) is 2.50. The van der Waals surface area contributed by atoms with Gasteiger partial charge in [-0.3, -0.25) is 0 Å². The van der Waals surface area contributed by atoms with Crippen LogP contribution < -0.4 is 10.2 Å². The second kappa shape index (κ2) is 5.93. The number of ether oxygens (including phenoxy) is 1. The third kappa shape index (κ3) is 2.86. The minimum atomic E-state index is -0.0137. The summed E-state index contributed by atoms with van der Waals surface area (Å²) in [6, 6.07) is 1.96. The van der Waals surface area contributed by atoms with Crippen LogP contribution in [0.3, 0.4) is 0 Å². The number of anilines is 2. The molecule has 1 aliphatic carbocycles. The Morgan fingerprint density at radius 1 is 1.45 bits per heavy atom. The fourth-order valence-corrected chi connectivity index (χ4v) is 2.50. The summed E-state index contributed by atoms with van der Waals surface area (Å²) in [6.07, 6.45) is 2.36. The van der Waals surface area contributed by atoms with Crippen LogP contribution >= 0.6 is 0 Å². The van der Waals surface area contributed by atoms with E-state index in [1.165, 1.54) is 12.8 Å². The van der Waals surface area contributed by atoms with Crippen molar-refractivity contribution in [2.24, 2.45) is 0 Å². The lowest BCUT2D eigenvalue weighted by atomic mass is 10.2. The van der Waals surface area contributed by atoms with Crippen molar-refractivity contribution in [2.45, 2.75) is 31.7 Å². The summed E-state index contributed by atoms with van der Waals surface area (Å²) in [5.74, 6) is 3.23. The second-order valence-electron chi connectivity index (χ2n) is 5.38. The van der Waals surface area contributed by atoms with Crippen LogP contribution in [0.15, 0.2) is 6.07 Å². The Kier molecular flexibility index (Phi) is 4.03. The normalized spacial score (nSPS) is 22.9. The number of aliphatic hydroxyl groups excluding tert-OH is 1. The molecule has 1 saturated heterocycles. The summed E-state index contributed by atoms with van der Waals surface area (Å²) >= 11 is 0. The number of rotatable bonds is 5. The number of nitrogens with one attached hydrogen (secondary N) is 1. The van der Waals surface area contributed by atoms with Crippen LogP contribution in [0.25, 0.3) is 0 Å². The molecular formula is C14H22N4O2. The van der Waals surface area contributed by atoms with E-state index in [2.05, 4.69) is 22.1 Å². The molecule has 1 atom stereocenters. The van der Waals surface area contributed by atoms with Crippen molar-refractivity contribution in [1.82, 2.24) is 9.97 Å². The summed E-state index contributed by atoms with van der Waals surface area (Å²) < 4.78 is 5.43. The maximum Gasteiger partial charge on any atom is 0.136 e. The average Bonchev–Trinajstić information content (AvgIpc) is 3.32. The van der Waals surface area contributed by atoms with Gasteiger partial charge in [-0.15, -0.1) is 0 Å². The van der Waals surface area contributed by atoms with E-state index in [1.807, 2.05) is 6.07 Å². The first kappa shape index (κ1) is 13.6. The highest BCUT2D eigenvalue weighted by molar-refractivity contribution is 5.51. The van der Waals surface area contributed by atoms with Crippen molar-refractivity contribution in [3.05, 3.63) is 11.9 Å². The summed E-state index contributed by atoms with van der Waals surface area (Å²) in [6.45, 7) is 4.97. The molecule has 0 radical (unpaired) electrons. The minimum Gasteiger partial charge on any atom is -0.394 e. The zero-order valence-corrected chi connectivity index (χ0v) is 11.9. The van der Waals surface area contributed by atoms with Crippen molar-refractivity contribution in [3.63, 3.8) is 0 Å². The summed E-state index contributed by atoms with van der Waals surface area (Å²) in [7, 11) is 0. The molecule has 1 saturated carbocycles. The Hall–Kier alpha value is -1.40. The van der Waals surface area contributed by atoms with Gasteiger partial charge < -0.3 is 20.1 Å². The quantitative estimate of drug-likeness (QED) is 0.837. The van der Waals surface area contributed by atoms with Gasteiger partial charge in [0.2, 0.25) is 0 Å². The van der Waals surface area contributed by atoms with Crippen molar-refractivity contribution in [1.29, 1.82) is 0 Å². The van der Waals surface area contributed by atoms with Crippen LogP contribution in [-0.4, -0.2) is 54.0 Å². The fraction of sp³-hybridized carbons (Fsp3) is 0.714. The summed E-state index contributed by atoms with van der Waals surface area (Å²) in [5.41, 5.74) is 0. The van der Waals surface area contributed by atoms with Crippen molar-refractivity contribution in [2.75, 3.05) is 43.1 Å². The molecule has 6 nitrogen and oxygen atoms in total. The van der Waals surface area contributed by atoms with E-state index in [-0.39, 0.29) is 12.6 Å². The molecular weight excluding hydrogens is 256 g/mol. The summed E-state index contributed by atoms with van der Waals surface area (Å²) in [5, 5.41) is 12.8. The predicted octanol–water partition coefficient (Wildman–Crippen LogP) is 0.983. The van der Waals surface area contributed by atoms with Crippen LogP contribution in [0.4, 0.5) is 11.6 Å². The third-order valence-corrected chi connectivity index (χ3v) is 3.76. The molecule has 2 aliphatic rings. The van der Waals surface area contributed by atoms with Gasteiger partial charge in [-0.2, -0.15) is 0 Å². The van der Waals surface area contributed by atoms with E-state index in [0.717, 1.165) is 30.5 Å². The molecule has 110 valence electrons. The van der Waals surface area contributed by atoms with Crippen molar-refractivity contribution >= 4 is 11.6 Å². The first-order valence-electron chi connectivity index (χ1n) is 7.40. The van der Waals surface area contributed by atoms with E-state index in [0.29, 0.717) is 19.1 Å². The maximum atomic E-state index is 9.51. The number of aliphatic hydroxyl groups is 1. The highest BCUT2D eigenvalue weighted by Crippen LogP contribution is 2.39. The molecule has 0 amide bonds. The van der Waals surface area contributed by atoms with E-state index in [9.17, 15) is 5.11 Å². The van der Waals surface area contributed by atoms with Gasteiger partial charge in [0.25, 0.3) is 0 Å². The molecule has 6 heteroatoms. The van der Waals surface area contributed by atoms with E-state index < -0.39 is 0 Å². The van der Waals surface area contributed by atoms with Crippen LogP contribution in [0.2, 0.25) is 0 Å². The number of morpholine rings is 1. The van der Waals surface area contributed by atoms with Gasteiger partial charge in [-0.05, 0) is 19.8 Å². The van der Waals surface area contributed by atoms with Gasteiger partial charge >= 0.3 is 0 Å². The highest BCUT2D eigenvalue weighted by Gasteiger charge is 2.30. The Morgan fingerprint density at radius 3 is 3.00 bits per heavy atom. The SMILES string of the molecule is CCNc1cc(N2CCOCC2CO)nc(C2CC2)n1. The number of hydrogen-bond acceptors (Lipinski definition) is 6. The first-order valence-corrected chi connectivity index (χ1v) is 7.40. The van der Waals surface area contributed by atoms with Crippen molar-refractivity contribution in [3.8, 4) is 0 Å². The second-order valence-corrected chi connectivity index (χ2v) is 5.38. The first-order chi connectivity index (χ1) is 9.81. The average molecular weight is 278 g/mol. The smallest absolute Gasteiger partial charge is 0.136 e. The molecule has 2 heterocycles. The Bertz CT molecular complexity index is 464. The molecule has 0 aromatic carbocycles. The number of nitrogens with zero attached hydrogens (tertiary/aromatic N) is 3. The molecule has 1 aromatic heterocycles. The Labute approximate surface area is 119 Å². The van der Waals surface area contributed by atoms with E-state index >= 15 is 0 Å². The predicted molar refractivity (Wildman–Crippen MR) is 77.2 cm³/mol. The zero-order chi connectivity index (χ0) is 13.9. The lowest BCUT2D eigenvalue weighted by Crippen LogP contribution is -2.48.